The molecule has 4 heteroatoms. The maximum absolute atomic E-state index is 12.0. The molecule has 0 aromatic rings. The fourth-order valence-corrected chi connectivity index (χ4v) is 3.41. The second kappa shape index (κ2) is 4.96. The third-order valence-corrected chi connectivity index (χ3v) is 4.74. The molecule has 1 aliphatic carbocycles. The normalized spacial score (nSPS) is 28.8. The van der Waals surface area contributed by atoms with E-state index in [1.807, 2.05) is 0 Å². The summed E-state index contributed by atoms with van der Waals surface area (Å²) >= 11 is 1.79. The number of rotatable bonds is 4. The molecule has 0 radical (unpaired) electrons. The van der Waals surface area contributed by atoms with Crippen LogP contribution < -0.4 is 10.6 Å². The van der Waals surface area contributed by atoms with Crippen molar-refractivity contribution < 1.29 is 4.79 Å². The number of hydrogen-bond acceptors (Lipinski definition) is 3. The van der Waals surface area contributed by atoms with Gasteiger partial charge in [-0.25, -0.2) is 0 Å². The van der Waals surface area contributed by atoms with Crippen molar-refractivity contribution in [1.29, 1.82) is 0 Å². The minimum atomic E-state index is 0.295. The van der Waals surface area contributed by atoms with Crippen LogP contribution in [-0.4, -0.2) is 37.0 Å². The maximum atomic E-state index is 12.0. The summed E-state index contributed by atoms with van der Waals surface area (Å²) in [7, 11) is 0. The molecule has 2 fully saturated rings. The highest BCUT2D eigenvalue weighted by Crippen LogP contribution is 2.58. The third-order valence-electron chi connectivity index (χ3n) is 3.91. The summed E-state index contributed by atoms with van der Waals surface area (Å²) in [6.07, 6.45) is 5.56. The first-order valence-electron chi connectivity index (χ1n) is 6.18. The first kappa shape index (κ1) is 12.2. The molecule has 2 N–H and O–H groups in total. The molecule has 3 nitrogen and oxygen atoms in total. The highest BCUT2D eigenvalue weighted by molar-refractivity contribution is 7.98. The van der Waals surface area contributed by atoms with Gasteiger partial charge in [0.2, 0.25) is 5.91 Å². The van der Waals surface area contributed by atoms with E-state index < -0.39 is 0 Å². The van der Waals surface area contributed by atoms with Crippen molar-refractivity contribution >= 4 is 17.7 Å². The standard InChI is InChI=1S/C12H22N2OS/c1-9(8-16-2)14-11(15)10-7-12(10)3-5-13-6-4-12/h9-10,13H,3-8H2,1-2H3,(H,14,15). The SMILES string of the molecule is CSCC(C)NC(=O)C1CC12CCNCC2. The van der Waals surface area contributed by atoms with Crippen LogP contribution in [0, 0.1) is 11.3 Å². The van der Waals surface area contributed by atoms with Gasteiger partial charge < -0.3 is 10.6 Å². The molecule has 2 aliphatic rings. The number of piperidine rings is 1. The van der Waals surface area contributed by atoms with Crippen LogP contribution in [0.5, 0.6) is 0 Å². The van der Waals surface area contributed by atoms with Gasteiger partial charge in [-0.1, -0.05) is 0 Å². The van der Waals surface area contributed by atoms with Gasteiger partial charge in [-0.2, -0.15) is 11.8 Å². The molecule has 1 heterocycles. The molecule has 2 unspecified atom stereocenters. The summed E-state index contributed by atoms with van der Waals surface area (Å²) in [6, 6.07) is 0.307. The Morgan fingerprint density at radius 1 is 1.56 bits per heavy atom. The molecular formula is C12H22N2OS. The van der Waals surface area contributed by atoms with Crippen molar-refractivity contribution in [2.75, 3.05) is 25.1 Å². The predicted octanol–water partition coefficient (Wildman–Crippen LogP) is 1.24. The number of nitrogens with one attached hydrogen (secondary N) is 2. The van der Waals surface area contributed by atoms with Gasteiger partial charge in [-0.05, 0) is 50.9 Å². The molecule has 1 amide bonds. The second-order valence-electron chi connectivity index (χ2n) is 5.23. The molecule has 0 bridgehead atoms. The van der Waals surface area contributed by atoms with Crippen molar-refractivity contribution in [2.45, 2.75) is 32.2 Å². The fourth-order valence-electron chi connectivity index (χ4n) is 2.83. The van der Waals surface area contributed by atoms with Gasteiger partial charge >= 0.3 is 0 Å². The van der Waals surface area contributed by atoms with Crippen molar-refractivity contribution in [3.8, 4) is 0 Å². The van der Waals surface area contributed by atoms with Crippen molar-refractivity contribution in [3.05, 3.63) is 0 Å². The molecule has 1 aliphatic heterocycles. The van der Waals surface area contributed by atoms with E-state index in [1.54, 1.807) is 11.8 Å². The zero-order valence-corrected chi connectivity index (χ0v) is 11.0. The monoisotopic (exact) mass is 242 g/mol. The van der Waals surface area contributed by atoms with Gasteiger partial charge in [-0.3, -0.25) is 4.79 Å². The summed E-state index contributed by atoms with van der Waals surface area (Å²) in [6.45, 7) is 4.26. The van der Waals surface area contributed by atoms with Gasteiger partial charge in [0.15, 0.2) is 0 Å². The Morgan fingerprint density at radius 3 is 2.88 bits per heavy atom. The number of thioether (sulfide) groups is 1. The van der Waals surface area contributed by atoms with Crippen molar-refractivity contribution in [1.82, 2.24) is 10.6 Å². The lowest BCUT2D eigenvalue weighted by atomic mass is 9.91. The predicted molar refractivity (Wildman–Crippen MR) is 68.6 cm³/mol. The topological polar surface area (TPSA) is 41.1 Å². The third kappa shape index (κ3) is 2.54. The fraction of sp³-hybridized carbons (Fsp3) is 0.917. The van der Waals surface area contributed by atoms with Crippen LogP contribution in [0.2, 0.25) is 0 Å². The number of carbonyl (C=O) groups is 1. The van der Waals surface area contributed by atoms with E-state index in [4.69, 9.17) is 0 Å². The first-order valence-corrected chi connectivity index (χ1v) is 7.57. The van der Waals surface area contributed by atoms with Crippen LogP contribution in [0.3, 0.4) is 0 Å². The molecule has 16 heavy (non-hydrogen) atoms. The van der Waals surface area contributed by atoms with Gasteiger partial charge in [0.1, 0.15) is 0 Å². The van der Waals surface area contributed by atoms with Gasteiger partial charge in [-0.15, -0.1) is 0 Å². The minimum absolute atomic E-state index is 0.295. The van der Waals surface area contributed by atoms with Gasteiger partial charge in [0, 0.05) is 17.7 Å². The van der Waals surface area contributed by atoms with Crippen LogP contribution in [-0.2, 0) is 4.79 Å². The zero-order valence-electron chi connectivity index (χ0n) is 10.2. The van der Waals surface area contributed by atoms with Crippen LogP contribution in [0.1, 0.15) is 26.2 Å². The highest BCUT2D eigenvalue weighted by atomic mass is 32.2. The lowest BCUT2D eigenvalue weighted by Crippen LogP contribution is -2.38. The molecule has 2 rings (SSSR count). The van der Waals surface area contributed by atoms with E-state index in [0.29, 0.717) is 23.3 Å². The Bertz CT molecular complexity index is 264. The minimum Gasteiger partial charge on any atom is -0.353 e. The Morgan fingerprint density at radius 2 is 2.25 bits per heavy atom. The van der Waals surface area contributed by atoms with E-state index >= 15 is 0 Å². The summed E-state index contributed by atoms with van der Waals surface area (Å²) in [5, 5.41) is 6.50. The summed E-state index contributed by atoms with van der Waals surface area (Å²) in [5.41, 5.74) is 0.369. The second-order valence-corrected chi connectivity index (χ2v) is 6.14. The highest BCUT2D eigenvalue weighted by Gasteiger charge is 2.57. The average molecular weight is 242 g/mol. The smallest absolute Gasteiger partial charge is 0.223 e. The molecule has 92 valence electrons. The molecule has 1 spiro atoms. The molecule has 1 saturated heterocycles. The zero-order chi connectivity index (χ0) is 11.6. The summed E-state index contributed by atoms with van der Waals surface area (Å²) in [5.74, 6) is 1.61. The summed E-state index contributed by atoms with van der Waals surface area (Å²) in [4.78, 5) is 12.0. The van der Waals surface area contributed by atoms with E-state index in [9.17, 15) is 4.79 Å². The lowest BCUT2D eigenvalue weighted by Gasteiger charge is -2.23. The van der Waals surface area contributed by atoms with Gasteiger partial charge in [0.05, 0.1) is 0 Å². The number of hydrogen-bond donors (Lipinski definition) is 2. The van der Waals surface area contributed by atoms with E-state index in [-0.39, 0.29) is 0 Å². The molecule has 0 aromatic heterocycles. The van der Waals surface area contributed by atoms with Crippen LogP contribution in [0.25, 0.3) is 0 Å². The van der Waals surface area contributed by atoms with Crippen LogP contribution >= 0.6 is 11.8 Å². The Kier molecular flexibility index (Phi) is 3.80. The molecule has 2 atom stereocenters. The Labute approximate surface area is 102 Å². The van der Waals surface area contributed by atoms with Crippen LogP contribution in [0.15, 0.2) is 0 Å². The van der Waals surface area contributed by atoms with Crippen LogP contribution in [0.4, 0.5) is 0 Å². The Balaban J connectivity index is 1.79. The van der Waals surface area contributed by atoms with Crippen molar-refractivity contribution in [2.24, 2.45) is 11.3 Å². The molecule has 1 saturated carbocycles. The van der Waals surface area contributed by atoms with Gasteiger partial charge in [0.25, 0.3) is 0 Å². The summed E-state index contributed by atoms with van der Waals surface area (Å²) < 4.78 is 0. The Hall–Kier alpha value is -0.220. The molecule has 0 aromatic carbocycles. The van der Waals surface area contributed by atoms with E-state index in [1.165, 1.54) is 12.8 Å². The number of amides is 1. The van der Waals surface area contributed by atoms with E-state index in [0.717, 1.165) is 25.3 Å². The van der Waals surface area contributed by atoms with E-state index in [2.05, 4.69) is 23.8 Å². The van der Waals surface area contributed by atoms with Crippen molar-refractivity contribution in [3.63, 3.8) is 0 Å². The maximum Gasteiger partial charge on any atom is 0.223 e. The lowest BCUT2D eigenvalue weighted by molar-refractivity contribution is -0.123. The molecular weight excluding hydrogens is 220 g/mol. The quantitative estimate of drug-likeness (QED) is 0.779. The average Bonchev–Trinajstić information content (AvgIpc) is 2.93. The number of carbonyl (C=O) groups excluding carboxylic acids is 1. The largest absolute Gasteiger partial charge is 0.353 e. The first-order chi connectivity index (χ1) is 7.68.